The van der Waals surface area contributed by atoms with Crippen molar-refractivity contribution in [3.63, 3.8) is 0 Å². The Labute approximate surface area is 110 Å². The summed E-state index contributed by atoms with van der Waals surface area (Å²) in [5, 5.41) is 3.81. The van der Waals surface area contributed by atoms with Crippen molar-refractivity contribution in [1.29, 1.82) is 0 Å². The highest BCUT2D eigenvalue weighted by Gasteiger charge is 2.35. The lowest BCUT2D eigenvalue weighted by molar-refractivity contribution is -0.0557. The summed E-state index contributed by atoms with van der Waals surface area (Å²) in [6.07, 6.45) is 5.62. The van der Waals surface area contributed by atoms with Gasteiger partial charge in [0.05, 0.1) is 18.8 Å². The van der Waals surface area contributed by atoms with E-state index in [0.717, 1.165) is 12.5 Å². The van der Waals surface area contributed by atoms with Crippen molar-refractivity contribution in [2.45, 2.75) is 50.8 Å². The molecule has 2 heteroatoms. The average molecular weight is 245 g/mol. The van der Waals surface area contributed by atoms with Crippen molar-refractivity contribution >= 4 is 0 Å². The third-order valence-corrected chi connectivity index (χ3v) is 4.57. The molecule has 1 aromatic carbocycles. The van der Waals surface area contributed by atoms with E-state index >= 15 is 0 Å². The van der Waals surface area contributed by atoms with Crippen molar-refractivity contribution in [3.05, 3.63) is 35.9 Å². The first-order valence-electron chi connectivity index (χ1n) is 7.29. The summed E-state index contributed by atoms with van der Waals surface area (Å²) >= 11 is 0. The lowest BCUT2D eigenvalue weighted by Crippen LogP contribution is -2.52. The Hall–Kier alpha value is -0.860. The molecule has 4 atom stereocenters. The van der Waals surface area contributed by atoms with Crippen molar-refractivity contribution in [2.24, 2.45) is 5.92 Å². The maximum absolute atomic E-state index is 6.08. The Morgan fingerprint density at radius 2 is 2.06 bits per heavy atom. The molecule has 0 bridgehead atoms. The van der Waals surface area contributed by atoms with Crippen LogP contribution < -0.4 is 5.32 Å². The number of benzene rings is 1. The van der Waals surface area contributed by atoms with Gasteiger partial charge in [-0.1, -0.05) is 43.7 Å². The van der Waals surface area contributed by atoms with Gasteiger partial charge in [-0.3, -0.25) is 0 Å². The van der Waals surface area contributed by atoms with Crippen molar-refractivity contribution in [3.8, 4) is 0 Å². The Morgan fingerprint density at radius 3 is 2.83 bits per heavy atom. The highest BCUT2D eigenvalue weighted by atomic mass is 16.5. The molecule has 1 aliphatic heterocycles. The van der Waals surface area contributed by atoms with Crippen LogP contribution in [0.3, 0.4) is 0 Å². The zero-order valence-corrected chi connectivity index (χ0v) is 11.1. The lowest BCUT2D eigenvalue weighted by Gasteiger charge is -2.43. The SMILES string of the molecule is CCC1CCC2OCC(c3ccccc3)NC2C1. The number of rotatable bonds is 2. The largest absolute Gasteiger partial charge is 0.375 e. The molecule has 0 amide bonds. The third-order valence-electron chi connectivity index (χ3n) is 4.57. The number of morpholine rings is 1. The van der Waals surface area contributed by atoms with Crippen LogP contribution in [-0.4, -0.2) is 18.8 Å². The molecule has 3 rings (SSSR count). The Morgan fingerprint density at radius 1 is 1.22 bits per heavy atom. The monoisotopic (exact) mass is 245 g/mol. The van der Waals surface area contributed by atoms with Crippen LogP contribution in [0.5, 0.6) is 0 Å². The summed E-state index contributed by atoms with van der Waals surface area (Å²) in [5.41, 5.74) is 1.36. The molecule has 4 unspecified atom stereocenters. The summed E-state index contributed by atoms with van der Waals surface area (Å²) in [6, 6.07) is 11.6. The smallest absolute Gasteiger partial charge is 0.0729 e. The molecule has 1 aromatic rings. The maximum Gasteiger partial charge on any atom is 0.0729 e. The number of nitrogens with one attached hydrogen (secondary N) is 1. The molecular formula is C16H23NO. The van der Waals surface area contributed by atoms with Gasteiger partial charge in [-0.15, -0.1) is 0 Å². The van der Waals surface area contributed by atoms with E-state index in [-0.39, 0.29) is 0 Å². The zero-order chi connectivity index (χ0) is 12.4. The van der Waals surface area contributed by atoms with E-state index in [4.69, 9.17) is 4.74 Å². The fourth-order valence-corrected chi connectivity index (χ4v) is 3.38. The summed E-state index contributed by atoms with van der Waals surface area (Å²) in [7, 11) is 0. The standard InChI is InChI=1S/C16H23NO/c1-2-12-8-9-16-14(10-12)17-15(11-18-16)13-6-4-3-5-7-13/h3-7,12,14-17H,2,8-11H2,1H3. The first kappa shape index (κ1) is 12.2. The predicted molar refractivity (Wildman–Crippen MR) is 73.5 cm³/mol. The number of fused-ring (bicyclic) bond motifs is 1. The van der Waals surface area contributed by atoms with E-state index in [1.807, 2.05) is 0 Å². The summed E-state index contributed by atoms with van der Waals surface area (Å²) in [5.74, 6) is 0.886. The fourth-order valence-electron chi connectivity index (χ4n) is 3.38. The fraction of sp³-hybridized carbons (Fsp3) is 0.625. The second-order valence-corrected chi connectivity index (χ2v) is 5.70. The van der Waals surface area contributed by atoms with E-state index in [9.17, 15) is 0 Å². The van der Waals surface area contributed by atoms with Crippen LogP contribution in [0.4, 0.5) is 0 Å². The van der Waals surface area contributed by atoms with Crippen molar-refractivity contribution in [1.82, 2.24) is 5.32 Å². The van der Waals surface area contributed by atoms with Crippen LogP contribution >= 0.6 is 0 Å². The molecule has 2 aliphatic rings. The Bertz CT molecular complexity index is 378. The third kappa shape index (κ3) is 2.45. The quantitative estimate of drug-likeness (QED) is 0.863. The topological polar surface area (TPSA) is 21.3 Å². The van der Waals surface area contributed by atoms with Gasteiger partial charge in [0.1, 0.15) is 0 Å². The van der Waals surface area contributed by atoms with Gasteiger partial charge in [-0.05, 0) is 30.7 Å². The van der Waals surface area contributed by atoms with Gasteiger partial charge >= 0.3 is 0 Å². The molecule has 2 nitrogen and oxygen atoms in total. The molecule has 1 N–H and O–H groups in total. The van der Waals surface area contributed by atoms with Crippen LogP contribution in [0.25, 0.3) is 0 Å². The minimum atomic E-state index is 0.378. The van der Waals surface area contributed by atoms with Gasteiger partial charge in [0.25, 0.3) is 0 Å². The molecule has 98 valence electrons. The second kappa shape index (κ2) is 5.41. The number of hydrogen-bond donors (Lipinski definition) is 1. The highest BCUT2D eigenvalue weighted by molar-refractivity contribution is 5.20. The molecule has 1 saturated heterocycles. The second-order valence-electron chi connectivity index (χ2n) is 5.70. The lowest BCUT2D eigenvalue weighted by atomic mass is 9.81. The Balaban J connectivity index is 1.68. The highest BCUT2D eigenvalue weighted by Crippen LogP contribution is 2.33. The van der Waals surface area contributed by atoms with E-state index in [1.54, 1.807) is 0 Å². The predicted octanol–water partition coefficient (Wildman–Crippen LogP) is 3.29. The van der Waals surface area contributed by atoms with Crippen molar-refractivity contribution in [2.75, 3.05) is 6.61 Å². The molecule has 1 aliphatic carbocycles. The van der Waals surface area contributed by atoms with E-state index in [1.165, 1.54) is 31.2 Å². The summed E-state index contributed by atoms with van der Waals surface area (Å²) in [4.78, 5) is 0. The first-order valence-corrected chi connectivity index (χ1v) is 7.29. The molecule has 0 aromatic heterocycles. The van der Waals surface area contributed by atoms with E-state index in [0.29, 0.717) is 18.2 Å². The number of ether oxygens (including phenoxy) is 1. The van der Waals surface area contributed by atoms with Gasteiger partial charge in [0, 0.05) is 6.04 Å². The molecular weight excluding hydrogens is 222 g/mol. The molecule has 0 spiro atoms. The van der Waals surface area contributed by atoms with Crippen LogP contribution in [0.2, 0.25) is 0 Å². The minimum absolute atomic E-state index is 0.378. The number of hydrogen-bond acceptors (Lipinski definition) is 2. The molecule has 1 heterocycles. The van der Waals surface area contributed by atoms with Crippen LogP contribution in [0.1, 0.15) is 44.2 Å². The van der Waals surface area contributed by atoms with E-state index in [2.05, 4.69) is 42.6 Å². The van der Waals surface area contributed by atoms with Gasteiger partial charge < -0.3 is 10.1 Å². The van der Waals surface area contributed by atoms with Gasteiger partial charge in [-0.25, -0.2) is 0 Å². The summed E-state index contributed by atoms with van der Waals surface area (Å²) in [6.45, 7) is 3.13. The van der Waals surface area contributed by atoms with Crippen LogP contribution in [0, 0.1) is 5.92 Å². The van der Waals surface area contributed by atoms with E-state index < -0.39 is 0 Å². The molecule has 18 heavy (non-hydrogen) atoms. The van der Waals surface area contributed by atoms with Crippen molar-refractivity contribution < 1.29 is 4.74 Å². The maximum atomic E-state index is 6.08. The average Bonchev–Trinajstić information content (AvgIpc) is 2.47. The Kier molecular flexibility index (Phi) is 3.67. The van der Waals surface area contributed by atoms with Crippen LogP contribution in [-0.2, 0) is 4.74 Å². The normalized spacial score (nSPS) is 36.1. The summed E-state index contributed by atoms with van der Waals surface area (Å²) < 4.78 is 6.08. The molecule has 1 saturated carbocycles. The first-order chi connectivity index (χ1) is 8.86. The molecule has 0 radical (unpaired) electrons. The van der Waals surface area contributed by atoms with Gasteiger partial charge in [0.2, 0.25) is 0 Å². The van der Waals surface area contributed by atoms with Crippen LogP contribution in [0.15, 0.2) is 30.3 Å². The van der Waals surface area contributed by atoms with Gasteiger partial charge in [-0.2, -0.15) is 0 Å². The zero-order valence-electron chi connectivity index (χ0n) is 11.1. The minimum Gasteiger partial charge on any atom is -0.375 e. The van der Waals surface area contributed by atoms with Gasteiger partial charge in [0.15, 0.2) is 0 Å². The molecule has 2 fully saturated rings.